The number of hydrogen-bond acceptors (Lipinski definition) is 2. The van der Waals surface area contributed by atoms with E-state index in [4.69, 9.17) is 11.6 Å². The van der Waals surface area contributed by atoms with Gasteiger partial charge in [0.15, 0.2) is 6.30 Å². The number of rotatable bonds is 2. The lowest BCUT2D eigenvalue weighted by molar-refractivity contribution is 0.106. The van der Waals surface area contributed by atoms with Crippen molar-refractivity contribution >= 4 is 16.8 Å². The first kappa shape index (κ1) is 9.19. The second-order valence-electron chi connectivity index (χ2n) is 2.46. The van der Waals surface area contributed by atoms with Crippen LogP contribution in [-0.2, 0) is 0 Å². The Morgan fingerprint density at radius 1 is 1.83 bits per heavy atom. The van der Waals surface area contributed by atoms with Gasteiger partial charge in [0, 0.05) is 0 Å². The summed E-state index contributed by atoms with van der Waals surface area (Å²) in [7, 11) is 0. The van der Waals surface area contributed by atoms with Gasteiger partial charge in [-0.2, -0.15) is 5.10 Å². The van der Waals surface area contributed by atoms with Crippen LogP contribution in [0.3, 0.4) is 0 Å². The third-order valence-corrected chi connectivity index (χ3v) is 1.59. The summed E-state index contributed by atoms with van der Waals surface area (Å²) in [6.45, 7) is 2.96. The molecule has 1 unspecified atom stereocenters. The standard InChI is InChI=1S/C7H8ClFN2O/c1-4-3-6(7(8)12)11(10-4)5(2)9/h3,5H,1-2H3. The monoisotopic (exact) mass is 190 g/mol. The molecule has 0 saturated carbocycles. The summed E-state index contributed by atoms with van der Waals surface area (Å²) >= 11 is 5.20. The van der Waals surface area contributed by atoms with Gasteiger partial charge in [-0.05, 0) is 31.5 Å². The molecule has 1 aromatic heterocycles. The highest BCUT2D eigenvalue weighted by Gasteiger charge is 2.15. The molecule has 0 fully saturated rings. The zero-order chi connectivity index (χ0) is 9.30. The van der Waals surface area contributed by atoms with Crippen molar-refractivity contribution in [2.45, 2.75) is 20.1 Å². The van der Waals surface area contributed by atoms with Crippen LogP contribution in [0.4, 0.5) is 4.39 Å². The van der Waals surface area contributed by atoms with Gasteiger partial charge in [0.1, 0.15) is 5.69 Å². The number of hydrogen-bond donors (Lipinski definition) is 0. The Morgan fingerprint density at radius 3 is 2.75 bits per heavy atom. The van der Waals surface area contributed by atoms with E-state index in [1.807, 2.05) is 0 Å². The molecule has 0 N–H and O–H groups in total. The predicted octanol–water partition coefficient (Wildman–Crippen LogP) is 2.06. The van der Waals surface area contributed by atoms with E-state index in [2.05, 4.69) is 5.10 Å². The fourth-order valence-electron chi connectivity index (χ4n) is 0.935. The maximum atomic E-state index is 12.8. The molecule has 0 saturated heterocycles. The predicted molar refractivity (Wildman–Crippen MR) is 43.0 cm³/mol. The lowest BCUT2D eigenvalue weighted by Crippen LogP contribution is -2.08. The first-order valence-corrected chi connectivity index (χ1v) is 3.80. The molecule has 1 aromatic rings. The fourth-order valence-corrected chi connectivity index (χ4v) is 1.08. The minimum absolute atomic E-state index is 0.0872. The number of alkyl halides is 1. The molecule has 1 rings (SSSR count). The zero-order valence-corrected chi connectivity index (χ0v) is 7.47. The van der Waals surface area contributed by atoms with E-state index in [9.17, 15) is 9.18 Å². The molecule has 0 radical (unpaired) electrons. The molecule has 0 aliphatic carbocycles. The van der Waals surface area contributed by atoms with Crippen molar-refractivity contribution in [1.29, 1.82) is 0 Å². The van der Waals surface area contributed by atoms with Crippen molar-refractivity contribution in [1.82, 2.24) is 9.78 Å². The van der Waals surface area contributed by atoms with Crippen molar-refractivity contribution in [2.75, 3.05) is 0 Å². The Morgan fingerprint density at radius 2 is 2.42 bits per heavy atom. The van der Waals surface area contributed by atoms with Crippen molar-refractivity contribution in [3.05, 3.63) is 17.5 Å². The molecule has 3 nitrogen and oxygen atoms in total. The van der Waals surface area contributed by atoms with Crippen LogP contribution in [0.1, 0.15) is 29.4 Å². The van der Waals surface area contributed by atoms with Gasteiger partial charge in [-0.1, -0.05) is 0 Å². The van der Waals surface area contributed by atoms with Gasteiger partial charge in [0.25, 0.3) is 5.24 Å². The molecule has 0 aromatic carbocycles. The summed E-state index contributed by atoms with van der Waals surface area (Å²) in [5.41, 5.74) is 0.660. The highest BCUT2D eigenvalue weighted by atomic mass is 35.5. The Balaban J connectivity index is 3.17. The van der Waals surface area contributed by atoms with Gasteiger partial charge >= 0.3 is 0 Å². The smallest absolute Gasteiger partial charge is 0.270 e. The first-order chi connectivity index (χ1) is 5.52. The van der Waals surface area contributed by atoms with Gasteiger partial charge < -0.3 is 0 Å². The maximum Gasteiger partial charge on any atom is 0.270 e. The lowest BCUT2D eigenvalue weighted by atomic mass is 10.4. The average Bonchev–Trinajstić information content (AvgIpc) is 2.31. The second kappa shape index (κ2) is 3.23. The van der Waals surface area contributed by atoms with Crippen LogP contribution < -0.4 is 0 Å². The summed E-state index contributed by atoms with van der Waals surface area (Å²) in [5.74, 6) is 0. The first-order valence-electron chi connectivity index (χ1n) is 3.42. The molecule has 12 heavy (non-hydrogen) atoms. The largest absolute Gasteiger partial charge is 0.274 e. The minimum atomic E-state index is -1.34. The molecule has 0 bridgehead atoms. The zero-order valence-electron chi connectivity index (χ0n) is 6.71. The van der Waals surface area contributed by atoms with Crippen LogP contribution in [0, 0.1) is 6.92 Å². The number of aryl methyl sites for hydroxylation is 1. The fraction of sp³-hybridized carbons (Fsp3) is 0.429. The molecule has 0 aliphatic rings. The van der Waals surface area contributed by atoms with Gasteiger partial charge in [-0.25, -0.2) is 9.07 Å². The SMILES string of the molecule is Cc1cc(C(=O)Cl)n(C(C)F)n1. The molecular weight excluding hydrogens is 183 g/mol. The molecule has 1 heterocycles. The van der Waals surface area contributed by atoms with Crippen molar-refractivity contribution < 1.29 is 9.18 Å². The van der Waals surface area contributed by atoms with Crippen LogP contribution >= 0.6 is 11.6 Å². The second-order valence-corrected chi connectivity index (χ2v) is 2.81. The van der Waals surface area contributed by atoms with Gasteiger partial charge in [-0.3, -0.25) is 4.79 Å². The molecule has 1 atom stereocenters. The van der Waals surface area contributed by atoms with Crippen molar-refractivity contribution in [3.63, 3.8) is 0 Å². The van der Waals surface area contributed by atoms with Gasteiger partial charge in [-0.15, -0.1) is 0 Å². The van der Waals surface area contributed by atoms with E-state index in [0.717, 1.165) is 4.68 Å². The topological polar surface area (TPSA) is 34.9 Å². The van der Waals surface area contributed by atoms with E-state index in [1.54, 1.807) is 6.92 Å². The highest BCUT2D eigenvalue weighted by Crippen LogP contribution is 2.13. The van der Waals surface area contributed by atoms with E-state index >= 15 is 0 Å². The maximum absolute atomic E-state index is 12.8. The quantitative estimate of drug-likeness (QED) is 0.669. The minimum Gasteiger partial charge on any atom is -0.274 e. The van der Waals surface area contributed by atoms with E-state index in [1.165, 1.54) is 13.0 Å². The van der Waals surface area contributed by atoms with Crippen LogP contribution in [-0.4, -0.2) is 15.0 Å². The molecular formula is C7H8ClFN2O. The van der Waals surface area contributed by atoms with E-state index < -0.39 is 11.5 Å². The molecule has 0 spiro atoms. The van der Waals surface area contributed by atoms with Crippen molar-refractivity contribution in [3.8, 4) is 0 Å². The van der Waals surface area contributed by atoms with Gasteiger partial charge in [0.2, 0.25) is 0 Å². The Hall–Kier alpha value is -0.900. The Bertz CT molecular complexity index is 308. The number of aromatic nitrogens is 2. The molecule has 0 amide bonds. The summed E-state index contributed by atoms with van der Waals surface area (Å²) in [5, 5.41) is 3.07. The van der Waals surface area contributed by atoms with Crippen LogP contribution in [0.25, 0.3) is 0 Å². The van der Waals surface area contributed by atoms with Crippen LogP contribution in [0.15, 0.2) is 6.07 Å². The summed E-state index contributed by atoms with van der Waals surface area (Å²) in [6.07, 6.45) is -1.34. The molecule has 66 valence electrons. The van der Waals surface area contributed by atoms with Crippen molar-refractivity contribution in [2.24, 2.45) is 0 Å². The van der Waals surface area contributed by atoms with E-state index in [-0.39, 0.29) is 5.69 Å². The number of carbonyl (C=O) groups excluding carboxylic acids is 1. The lowest BCUT2D eigenvalue weighted by Gasteiger charge is -2.03. The summed E-state index contributed by atoms with van der Waals surface area (Å²) in [6, 6.07) is 1.45. The van der Waals surface area contributed by atoms with Crippen LogP contribution in [0.5, 0.6) is 0 Å². The summed E-state index contributed by atoms with van der Waals surface area (Å²) < 4.78 is 13.7. The van der Waals surface area contributed by atoms with Gasteiger partial charge in [0.05, 0.1) is 5.69 Å². The normalized spacial score (nSPS) is 13.0. The summed E-state index contributed by atoms with van der Waals surface area (Å²) in [4.78, 5) is 10.7. The Labute approximate surface area is 74.1 Å². The van der Waals surface area contributed by atoms with E-state index in [0.29, 0.717) is 5.69 Å². The third kappa shape index (κ3) is 1.64. The molecule has 5 heteroatoms. The highest BCUT2D eigenvalue weighted by molar-refractivity contribution is 6.67. The Kier molecular flexibility index (Phi) is 2.47. The number of halogens is 2. The number of nitrogens with zero attached hydrogens (tertiary/aromatic N) is 2. The molecule has 0 aliphatic heterocycles. The van der Waals surface area contributed by atoms with Crippen LogP contribution in [0.2, 0.25) is 0 Å². The number of carbonyl (C=O) groups is 1. The average molecular weight is 191 g/mol. The third-order valence-electron chi connectivity index (χ3n) is 1.40.